The summed E-state index contributed by atoms with van der Waals surface area (Å²) in [5.41, 5.74) is 3.15. The van der Waals surface area contributed by atoms with E-state index in [0.29, 0.717) is 23.0 Å². The Hall–Kier alpha value is -1.79. The van der Waals surface area contributed by atoms with E-state index in [2.05, 4.69) is 15.6 Å². The molecule has 0 atom stereocenters. The SMILES string of the molecule is O=C1COc2cc(NCc3cncs3)c(Cl)cc2N1. The molecule has 1 aliphatic rings. The van der Waals surface area contributed by atoms with Gasteiger partial charge in [-0.25, -0.2) is 0 Å². The fraction of sp³-hybridized carbons (Fsp3) is 0.167. The molecule has 2 N–H and O–H groups in total. The van der Waals surface area contributed by atoms with E-state index in [0.717, 1.165) is 10.6 Å². The van der Waals surface area contributed by atoms with Gasteiger partial charge in [0, 0.05) is 17.1 Å². The lowest BCUT2D eigenvalue weighted by atomic mass is 10.2. The highest BCUT2D eigenvalue weighted by Crippen LogP contribution is 2.36. The summed E-state index contributed by atoms with van der Waals surface area (Å²) < 4.78 is 5.35. The predicted molar refractivity (Wildman–Crippen MR) is 75.0 cm³/mol. The summed E-state index contributed by atoms with van der Waals surface area (Å²) in [6.45, 7) is 0.679. The van der Waals surface area contributed by atoms with Gasteiger partial charge >= 0.3 is 0 Å². The van der Waals surface area contributed by atoms with Crippen LogP contribution in [-0.2, 0) is 11.3 Å². The minimum Gasteiger partial charge on any atom is -0.482 e. The summed E-state index contributed by atoms with van der Waals surface area (Å²) in [5, 5.41) is 6.47. The zero-order valence-electron chi connectivity index (χ0n) is 9.77. The Morgan fingerprint density at radius 1 is 1.53 bits per heavy atom. The maximum atomic E-state index is 11.2. The van der Waals surface area contributed by atoms with Crippen molar-refractivity contribution in [1.29, 1.82) is 0 Å². The molecule has 0 fully saturated rings. The molecule has 0 aliphatic carbocycles. The Morgan fingerprint density at radius 2 is 2.42 bits per heavy atom. The number of amides is 1. The number of nitrogens with zero attached hydrogens (tertiary/aromatic N) is 1. The van der Waals surface area contributed by atoms with Gasteiger partial charge in [-0.1, -0.05) is 11.6 Å². The molecule has 0 saturated heterocycles. The monoisotopic (exact) mass is 295 g/mol. The molecular weight excluding hydrogens is 286 g/mol. The Balaban J connectivity index is 1.80. The molecule has 98 valence electrons. The lowest BCUT2D eigenvalue weighted by Crippen LogP contribution is -2.25. The molecular formula is C12H10ClN3O2S. The average Bonchev–Trinajstić information content (AvgIpc) is 2.89. The first-order valence-corrected chi connectivity index (χ1v) is 6.85. The van der Waals surface area contributed by atoms with Crippen LogP contribution in [0.15, 0.2) is 23.8 Å². The number of nitrogens with one attached hydrogen (secondary N) is 2. The third kappa shape index (κ3) is 2.64. The number of carbonyl (C=O) groups is 1. The number of hydrogen-bond donors (Lipinski definition) is 2. The Kier molecular flexibility index (Phi) is 3.27. The third-order valence-corrected chi connectivity index (χ3v) is 3.73. The van der Waals surface area contributed by atoms with Crippen molar-refractivity contribution < 1.29 is 9.53 Å². The highest BCUT2D eigenvalue weighted by molar-refractivity contribution is 7.09. The number of aromatic nitrogens is 1. The topological polar surface area (TPSA) is 63.2 Å². The maximum absolute atomic E-state index is 11.2. The smallest absolute Gasteiger partial charge is 0.262 e. The van der Waals surface area contributed by atoms with Gasteiger partial charge in [-0.05, 0) is 6.07 Å². The zero-order valence-corrected chi connectivity index (χ0v) is 11.3. The minimum atomic E-state index is -0.172. The van der Waals surface area contributed by atoms with E-state index in [-0.39, 0.29) is 12.5 Å². The van der Waals surface area contributed by atoms with Crippen molar-refractivity contribution in [1.82, 2.24) is 4.98 Å². The van der Waals surface area contributed by atoms with Crippen LogP contribution in [0.4, 0.5) is 11.4 Å². The van der Waals surface area contributed by atoms with Crippen molar-refractivity contribution >= 4 is 40.2 Å². The molecule has 3 rings (SSSR count). The second kappa shape index (κ2) is 5.07. The number of anilines is 2. The molecule has 0 spiro atoms. The fourth-order valence-corrected chi connectivity index (χ4v) is 2.51. The average molecular weight is 296 g/mol. The van der Waals surface area contributed by atoms with Crippen molar-refractivity contribution in [3.8, 4) is 5.75 Å². The molecule has 1 aromatic carbocycles. The summed E-state index contributed by atoms with van der Waals surface area (Å²) >= 11 is 7.74. The fourth-order valence-electron chi connectivity index (χ4n) is 1.75. The van der Waals surface area contributed by atoms with E-state index in [1.807, 2.05) is 0 Å². The number of hydrogen-bond acceptors (Lipinski definition) is 5. The number of thiazole rings is 1. The number of ether oxygens (including phenoxy) is 1. The van der Waals surface area contributed by atoms with Crippen molar-refractivity contribution in [2.75, 3.05) is 17.2 Å². The lowest BCUT2D eigenvalue weighted by Gasteiger charge is -2.19. The van der Waals surface area contributed by atoms with Crippen LogP contribution in [0, 0.1) is 0 Å². The van der Waals surface area contributed by atoms with Crippen molar-refractivity contribution in [2.45, 2.75) is 6.54 Å². The molecule has 0 bridgehead atoms. The van der Waals surface area contributed by atoms with Gasteiger partial charge in [0.25, 0.3) is 5.91 Å². The van der Waals surface area contributed by atoms with Crippen molar-refractivity contribution in [2.24, 2.45) is 0 Å². The number of fused-ring (bicyclic) bond motifs is 1. The van der Waals surface area contributed by atoms with Crippen LogP contribution < -0.4 is 15.4 Å². The molecule has 19 heavy (non-hydrogen) atoms. The number of halogens is 1. The van der Waals surface area contributed by atoms with Gasteiger partial charge in [0.2, 0.25) is 0 Å². The molecule has 7 heteroatoms. The van der Waals surface area contributed by atoms with E-state index < -0.39 is 0 Å². The van der Waals surface area contributed by atoms with Gasteiger partial charge in [0.05, 0.1) is 28.5 Å². The summed E-state index contributed by atoms with van der Waals surface area (Å²) in [6.07, 6.45) is 1.81. The molecule has 1 aliphatic heterocycles. The van der Waals surface area contributed by atoms with Crippen molar-refractivity contribution in [3.63, 3.8) is 0 Å². The van der Waals surface area contributed by atoms with Crippen LogP contribution in [-0.4, -0.2) is 17.5 Å². The molecule has 5 nitrogen and oxygen atoms in total. The molecule has 2 aromatic rings. The Bertz CT molecular complexity index is 616. The number of benzene rings is 1. The minimum absolute atomic E-state index is 0.0307. The quantitative estimate of drug-likeness (QED) is 0.914. The molecule has 1 amide bonds. The van der Waals surface area contributed by atoms with Gasteiger partial charge in [0.15, 0.2) is 6.61 Å². The molecule has 2 heterocycles. The van der Waals surface area contributed by atoms with E-state index in [4.69, 9.17) is 16.3 Å². The van der Waals surface area contributed by atoms with Gasteiger partial charge < -0.3 is 15.4 Å². The molecule has 1 aromatic heterocycles. The van der Waals surface area contributed by atoms with E-state index in [9.17, 15) is 4.79 Å². The molecule has 0 unspecified atom stereocenters. The van der Waals surface area contributed by atoms with E-state index in [1.165, 1.54) is 0 Å². The summed E-state index contributed by atoms with van der Waals surface area (Å²) in [7, 11) is 0. The summed E-state index contributed by atoms with van der Waals surface area (Å²) in [5.74, 6) is 0.449. The summed E-state index contributed by atoms with van der Waals surface area (Å²) in [6, 6.07) is 3.47. The van der Waals surface area contributed by atoms with E-state index >= 15 is 0 Å². The van der Waals surface area contributed by atoms with Gasteiger partial charge in [-0.2, -0.15) is 0 Å². The molecule has 0 saturated carbocycles. The van der Waals surface area contributed by atoms with Crippen LogP contribution in [0.5, 0.6) is 5.75 Å². The van der Waals surface area contributed by atoms with Crippen LogP contribution in [0.3, 0.4) is 0 Å². The third-order valence-electron chi connectivity index (χ3n) is 2.64. The predicted octanol–water partition coefficient (Wildman–Crippen LogP) is 2.74. The zero-order chi connectivity index (χ0) is 13.2. The summed E-state index contributed by atoms with van der Waals surface area (Å²) in [4.78, 5) is 16.3. The van der Waals surface area contributed by atoms with Gasteiger partial charge in [0.1, 0.15) is 5.75 Å². The van der Waals surface area contributed by atoms with Crippen LogP contribution in [0.2, 0.25) is 5.02 Å². The lowest BCUT2D eigenvalue weighted by molar-refractivity contribution is -0.118. The largest absolute Gasteiger partial charge is 0.482 e. The highest BCUT2D eigenvalue weighted by atomic mass is 35.5. The second-order valence-corrected chi connectivity index (χ2v) is 5.36. The standard InChI is InChI=1S/C12H10ClN3O2S/c13-8-1-10-11(18-5-12(17)16-10)2-9(8)15-4-7-3-14-6-19-7/h1-3,6,15H,4-5H2,(H,16,17). The van der Waals surface area contributed by atoms with Crippen LogP contribution in [0.25, 0.3) is 0 Å². The number of rotatable bonds is 3. The normalized spacial score (nSPS) is 13.4. The maximum Gasteiger partial charge on any atom is 0.262 e. The first-order chi connectivity index (χ1) is 9.22. The first-order valence-electron chi connectivity index (χ1n) is 5.60. The molecule has 0 radical (unpaired) electrons. The van der Waals surface area contributed by atoms with Gasteiger partial charge in [-0.15, -0.1) is 11.3 Å². The van der Waals surface area contributed by atoms with Crippen LogP contribution in [0.1, 0.15) is 4.88 Å². The number of carbonyl (C=O) groups excluding carboxylic acids is 1. The first kappa shape index (κ1) is 12.3. The second-order valence-electron chi connectivity index (χ2n) is 3.99. The Morgan fingerprint density at radius 3 is 3.21 bits per heavy atom. The van der Waals surface area contributed by atoms with Crippen molar-refractivity contribution in [3.05, 3.63) is 33.7 Å². The van der Waals surface area contributed by atoms with Gasteiger partial charge in [-0.3, -0.25) is 9.78 Å². The highest BCUT2D eigenvalue weighted by Gasteiger charge is 2.18. The van der Waals surface area contributed by atoms with E-state index in [1.54, 1.807) is 35.2 Å². The van der Waals surface area contributed by atoms with Crippen LogP contribution >= 0.6 is 22.9 Å². The Labute approximate surface area is 118 Å².